The van der Waals surface area contributed by atoms with Gasteiger partial charge in [-0.3, -0.25) is 4.79 Å². The van der Waals surface area contributed by atoms with Crippen molar-refractivity contribution in [3.63, 3.8) is 0 Å². The Morgan fingerprint density at radius 3 is 2.27 bits per heavy atom. The summed E-state index contributed by atoms with van der Waals surface area (Å²) in [6.45, 7) is 0.131. The van der Waals surface area contributed by atoms with Crippen LogP contribution >= 0.6 is 0 Å². The zero-order valence-corrected chi connectivity index (χ0v) is 12.2. The maximum atomic E-state index is 13.1. The minimum Gasteiger partial charge on any atom is -0.446 e. The van der Waals surface area contributed by atoms with E-state index in [1.54, 1.807) is 0 Å². The average molecular weight is 326 g/mol. The second-order valence-electron chi connectivity index (χ2n) is 7.08. The molecule has 0 aliphatic heterocycles. The van der Waals surface area contributed by atoms with E-state index >= 15 is 0 Å². The molecular formula is C15H19F5O2. The maximum absolute atomic E-state index is 13.1. The highest BCUT2D eigenvalue weighted by molar-refractivity contribution is 5.74. The van der Waals surface area contributed by atoms with Gasteiger partial charge in [0.2, 0.25) is 0 Å². The third-order valence-corrected chi connectivity index (χ3v) is 5.72. The summed E-state index contributed by atoms with van der Waals surface area (Å²) in [5.74, 6) is -4.58. The molecule has 3 saturated carbocycles. The lowest BCUT2D eigenvalue weighted by Crippen LogP contribution is -2.47. The van der Waals surface area contributed by atoms with Crippen molar-refractivity contribution in [2.75, 3.05) is 0 Å². The number of carbonyl (C=O) groups is 1. The second kappa shape index (κ2) is 5.06. The molecule has 0 saturated heterocycles. The lowest BCUT2D eigenvalue weighted by Gasteiger charge is -2.32. The number of hydrogen-bond donors (Lipinski definition) is 0. The average Bonchev–Trinajstić information content (AvgIpc) is 3.03. The van der Waals surface area contributed by atoms with Crippen LogP contribution in [0.4, 0.5) is 22.0 Å². The summed E-state index contributed by atoms with van der Waals surface area (Å²) in [6.07, 6.45) is -4.11. The van der Waals surface area contributed by atoms with Gasteiger partial charge in [0.05, 0.1) is 5.92 Å². The van der Waals surface area contributed by atoms with Crippen LogP contribution in [0.15, 0.2) is 0 Å². The highest BCUT2D eigenvalue weighted by Crippen LogP contribution is 2.61. The SMILES string of the molecule is CC(F)(F)C(OC(=O)C1CC2CC1C1CCCC21)C(F)(F)F. The largest absolute Gasteiger partial charge is 0.446 e. The topological polar surface area (TPSA) is 26.3 Å². The van der Waals surface area contributed by atoms with Gasteiger partial charge < -0.3 is 4.74 Å². The van der Waals surface area contributed by atoms with Crippen LogP contribution in [0.3, 0.4) is 0 Å². The molecular weight excluding hydrogens is 307 g/mol. The van der Waals surface area contributed by atoms with Crippen LogP contribution in [0, 0.1) is 29.6 Å². The molecule has 3 aliphatic rings. The highest BCUT2D eigenvalue weighted by Gasteiger charge is 2.60. The molecule has 2 nitrogen and oxygen atoms in total. The molecule has 0 radical (unpaired) electrons. The zero-order valence-electron chi connectivity index (χ0n) is 12.2. The molecule has 0 spiro atoms. The Bertz CT molecular complexity index is 442. The van der Waals surface area contributed by atoms with Gasteiger partial charge in [-0.1, -0.05) is 6.42 Å². The standard InChI is InChI=1S/C15H19F5O2/c1-14(16,17)13(15(18,19)20)22-12(21)11-6-7-5-10(11)9-4-2-3-8(7)9/h7-11,13H,2-6H2,1H3. The quantitative estimate of drug-likeness (QED) is 0.574. The van der Waals surface area contributed by atoms with Crippen LogP contribution in [0.25, 0.3) is 0 Å². The Kier molecular flexibility index (Phi) is 3.68. The van der Waals surface area contributed by atoms with Crippen LogP contribution in [-0.2, 0) is 9.53 Å². The van der Waals surface area contributed by atoms with E-state index in [1.165, 1.54) is 0 Å². The number of ether oxygens (including phenoxy) is 1. The molecule has 0 aromatic carbocycles. The van der Waals surface area contributed by atoms with Crippen molar-refractivity contribution in [1.82, 2.24) is 0 Å². The van der Waals surface area contributed by atoms with E-state index in [1.807, 2.05) is 0 Å². The van der Waals surface area contributed by atoms with E-state index < -0.39 is 30.1 Å². The fourth-order valence-electron chi connectivity index (χ4n) is 5.00. The minimum atomic E-state index is -5.26. The third-order valence-electron chi connectivity index (χ3n) is 5.72. The van der Waals surface area contributed by atoms with Crippen LogP contribution < -0.4 is 0 Å². The molecule has 0 aromatic heterocycles. The summed E-state index contributed by atoms with van der Waals surface area (Å²) >= 11 is 0. The van der Waals surface area contributed by atoms with Gasteiger partial charge in [-0.2, -0.15) is 13.2 Å². The number of fused-ring (bicyclic) bond motifs is 5. The zero-order chi connectivity index (χ0) is 16.3. The van der Waals surface area contributed by atoms with Gasteiger partial charge in [0.25, 0.3) is 12.0 Å². The van der Waals surface area contributed by atoms with E-state index in [0.29, 0.717) is 24.2 Å². The summed E-state index contributed by atoms with van der Waals surface area (Å²) < 4.78 is 68.6. The van der Waals surface area contributed by atoms with Crippen molar-refractivity contribution >= 4 is 5.97 Å². The first-order valence-electron chi connectivity index (χ1n) is 7.74. The summed E-state index contributed by atoms with van der Waals surface area (Å²) in [7, 11) is 0. The number of alkyl halides is 5. The Morgan fingerprint density at radius 2 is 1.68 bits per heavy atom. The number of hydrogen-bond acceptors (Lipinski definition) is 2. The normalized spacial score (nSPS) is 38.9. The van der Waals surface area contributed by atoms with Gasteiger partial charge in [-0.05, 0) is 49.4 Å². The Balaban J connectivity index is 1.70. The van der Waals surface area contributed by atoms with Crippen molar-refractivity contribution in [2.45, 2.75) is 57.2 Å². The summed E-state index contributed by atoms with van der Waals surface area (Å²) in [4.78, 5) is 12.1. The van der Waals surface area contributed by atoms with Crippen molar-refractivity contribution in [3.05, 3.63) is 0 Å². The van der Waals surface area contributed by atoms with E-state index in [2.05, 4.69) is 4.74 Å². The van der Waals surface area contributed by atoms with Gasteiger partial charge >= 0.3 is 12.1 Å². The summed E-state index contributed by atoms with van der Waals surface area (Å²) in [5, 5.41) is 0. The molecule has 2 bridgehead atoms. The molecule has 3 rings (SSSR count). The number of halogens is 5. The predicted molar refractivity (Wildman–Crippen MR) is 67.1 cm³/mol. The first-order valence-corrected chi connectivity index (χ1v) is 7.74. The molecule has 3 fully saturated rings. The Morgan fingerprint density at radius 1 is 1.05 bits per heavy atom. The summed E-state index contributed by atoms with van der Waals surface area (Å²) in [5.41, 5.74) is 0. The summed E-state index contributed by atoms with van der Waals surface area (Å²) in [6, 6.07) is 0. The Hall–Kier alpha value is -0.880. The third kappa shape index (κ3) is 2.60. The monoisotopic (exact) mass is 326 g/mol. The van der Waals surface area contributed by atoms with Crippen molar-refractivity contribution in [3.8, 4) is 0 Å². The fraction of sp³-hybridized carbons (Fsp3) is 0.933. The lowest BCUT2D eigenvalue weighted by molar-refractivity contribution is -0.275. The van der Waals surface area contributed by atoms with Crippen LogP contribution in [0.5, 0.6) is 0 Å². The van der Waals surface area contributed by atoms with Crippen LogP contribution in [0.2, 0.25) is 0 Å². The van der Waals surface area contributed by atoms with Crippen LogP contribution in [0.1, 0.15) is 39.0 Å². The van der Waals surface area contributed by atoms with E-state index in [0.717, 1.165) is 25.7 Å². The number of carbonyl (C=O) groups excluding carboxylic acids is 1. The Labute approximate surface area is 125 Å². The van der Waals surface area contributed by atoms with Crippen molar-refractivity contribution in [2.24, 2.45) is 29.6 Å². The van der Waals surface area contributed by atoms with Crippen LogP contribution in [-0.4, -0.2) is 24.2 Å². The molecule has 6 unspecified atom stereocenters. The van der Waals surface area contributed by atoms with Gasteiger partial charge in [0.1, 0.15) is 0 Å². The maximum Gasteiger partial charge on any atom is 0.431 e. The highest BCUT2D eigenvalue weighted by atomic mass is 19.4. The van der Waals surface area contributed by atoms with E-state index in [4.69, 9.17) is 0 Å². The molecule has 3 aliphatic carbocycles. The molecule has 6 atom stereocenters. The van der Waals surface area contributed by atoms with E-state index in [9.17, 15) is 26.7 Å². The first-order chi connectivity index (χ1) is 10.1. The van der Waals surface area contributed by atoms with Gasteiger partial charge in [-0.15, -0.1) is 0 Å². The first kappa shape index (κ1) is 16.0. The lowest BCUT2D eigenvalue weighted by atomic mass is 9.76. The molecule has 7 heteroatoms. The number of esters is 1. The molecule has 22 heavy (non-hydrogen) atoms. The number of rotatable bonds is 3. The van der Waals surface area contributed by atoms with Gasteiger partial charge in [0, 0.05) is 6.92 Å². The predicted octanol–water partition coefficient (Wildman–Crippen LogP) is 4.19. The molecule has 126 valence electrons. The van der Waals surface area contributed by atoms with Crippen molar-refractivity contribution < 1.29 is 31.5 Å². The molecule has 0 amide bonds. The molecule has 0 N–H and O–H groups in total. The molecule has 0 heterocycles. The van der Waals surface area contributed by atoms with Gasteiger partial charge in [-0.25, -0.2) is 8.78 Å². The fourth-order valence-corrected chi connectivity index (χ4v) is 5.00. The second-order valence-corrected chi connectivity index (χ2v) is 7.08. The minimum absolute atomic E-state index is 0.0179. The molecule has 0 aromatic rings. The van der Waals surface area contributed by atoms with Crippen molar-refractivity contribution in [1.29, 1.82) is 0 Å². The van der Waals surface area contributed by atoms with Gasteiger partial charge in [0.15, 0.2) is 0 Å². The van der Waals surface area contributed by atoms with E-state index in [-0.39, 0.29) is 12.8 Å². The smallest absolute Gasteiger partial charge is 0.431 e.